The second-order valence-corrected chi connectivity index (χ2v) is 7.77. The van der Waals surface area contributed by atoms with Gasteiger partial charge in [-0.25, -0.2) is 0 Å². The van der Waals surface area contributed by atoms with Crippen molar-refractivity contribution in [1.82, 2.24) is 4.90 Å². The van der Waals surface area contributed by atoms with Crippen LogP contribution >= 0.6 is 0 Å². The number of hydrogen-bond donors (Lipinski definition) is 1. The molecule has 3 unspecified atom stereocenters. The van der Waals surface area contributed by atoms with Crippen molar-refractivity contribution < 1.29 is 14.6 Å². The van der Waals surface area contributed by atoms with Gasteiger partial charge in [0.15, 0.2) is 11.5 Å². The van der Waals surface area contributed by atoms with Crippen LogP contribution < -0.4 is 9.47 Å². The van der Waals surface area contributed by atoms with Crippen molar-refractivity contribution in [2.75, 3.05) is 27.3 Å². The summed E-state index contributed by atoms with van der Waals surface area (Å²) >= 11 is 0. The molecule has 0 spiro atoms. The largest absolute Gasteiger partial charge is 0.493 e. The van der Waals surface area contributed by atoms with Gasteiger partial charge in [0.1, 0.15) is 5.60 Å². The van der Waals surface area contributed by atoms with Crippen LogP contribution in [0.1, 0.15) is 42.5 Å². The number of methoxy groups -OCH3 is 2. The van der Waals surface area contributed by atoms with Crippen LogP contribution in [0, 0.1) is 5.92 Å². The van der Waals surface area contributed by atoms with E-state index in [2.05, 4.69) is 36.1 Å². The van der Waals surface area contributed by atoms with Gasteiger partial charge in [-0.15, -0.1) is 0 Å². The minimum Gasteiger partial charge on any atom is -0.493 e. The second-order valence-electron chi connectivity index (χ2n) is 7.77. The number of piperidine rings is 1. The number of fused-ring (bicyclic) bond motifs is 3. The molecule has 1 fully saturated rings. The zero-order valence-electron chi connectivity index (χ0n) is 16.4. The average Bonchev–Trinajstić information content (AvgIpc) is 2.72. The number of benzene rings is 2. The molecular formula is C23H29NO3. The highest BCUT2D eigenvalue weighted by Gasteiger charge is 2.47. The molecule has 0 saturated carbocycles. The fraction of sp³-hybridized carbons (Fsp3) is 0.478. The van der Waals surface area contributed by atoms with E-state index in [9.17, 15) is 5.11 Å². The predicted octanol–water partition coefficient (Wildman–Crippen LogP) is 3.92. The van der Waals surface area contributed by atoms with Crippen molar-refractivity contribution in [3.8, 4) is 11.5 Å². The maximum absolute atomic E-state index is 11.7. The summed E-state index contributed by atoms with van der Waals surface area (Å²) in [5.41, 5.74) is 2.91. The molecule has 2 aromatic carbocycles. The molecule has 0 bridgehead atoms. The standard InChI is InChI=1S/C23H29NO3/c1-4-17-13-20-19-14-22(27-3)21(26-2)12-16(19)10-11-24(20)15-23(17,25)18-8-6-5-7-9-18/h5-9,12,14,17,20,25H,4,10-11,13,15H2,1-3H3. The molecule has 144 valence electrons. The van der Waals surface area contributed by atoms with Crippen molar-refractivity contribution in [2.45, 2.75) is 37.8 Å². The van der Waals surface area contributed by atoms with E-state index in [4.69, 9.17) is 9.47 Å². The summed E-state index contributed by atoms with van der Waals surface area (Å²) in [6.07, 6.45) is 2.87. The Balaban J connectivity index is 1.71. The monoisotopic (exact) mass is 367 g/mol. The van der Waals surface area contributed by atoms with Crippen LogP contribution in [-0.2, 0) is 12.0 Å². The molecule has 4 rings (SSSR count). The molecular weight excluding hydrogens is 338 g/mol. The minimum atomic E-state index is -0.791. The first kappa shape index (κ1) is 18.3. The van der Waals surface area contributed by atoms with Gasteiger partial charge in [-0.2, -0.15) is 0 Å². The van der Waals surface area contributed by atoms with Crippen molar-refractivity contribution >= 4 is 0 Å². The highest BCUT2D eigenvalue weighted by molar-refractivity contribution is 5.50. The zero-order chi connectivity index (χ0) is 19.0. The molecule has 2 aliphatic rings. The summed E-state index contributed by atoms with van der Waals surface area (Å²) in [7, 11) is 3.38. The Bertz CT molecular complexity index is 807. The molecule has 0 radical (unpaired) electrons. The van der Waals surface area contributed by atoms with Crippen molar-refractivity contribution in [3.05, 3.63) is 59.2 Å². The van der Waals surface area contributed by atoms with Crippen molar-refractivity contribution in [3.63, 3.8) is 0 Å². The topological polar surface area (TPSA) is 41.9 Å². The van der Waals surface area contributed by atoms with Crippen molar-refractivity contribution in [2.24, 2.45) is 5.92 Å². The lowest BCUT2D eigenvalue weighted by Crippen LogP contribution is -2.54. The van der Waals surface area contributed by atoms with Crippen LogP contribution in [0.3, 0.4) is 0 Å². The summed E-state index contributed by atoms with van der Waals surface area (Å²) < 4.78 is 11.0. The highest BCUT2D eigenvalue weighted by atomic mass is 16.5. The van der Waals surface area contributed by atoms with E-state index in [-0.39, 0.29) is 5.92 Å². The van der Waals surface area contributed by atoms with Crippen LogP contribution in [-0.4, -0.2) is 37.3 Å². The third-order valence-corrected chi connectivity index (χ3v) is 6.51. The van der Waals surface area contributed by atoms with Gasteiger partial charge in [0.2, 0.25) is 0 Å². The first-order valence-electron chi connectivity index (χ1n) is 9.87. The van der Waals surface area contributed by atoms with Gasteiger partial charge in [0.25, 0.3) is 0 Å². The lowest BCUT2D eigenvalue weighted by molar-refractivity contribution is -0.107. The molecule has 2 heterocycles. The highest BCUT2D eigenvalue weighted by Crippen LogP contribution is 2.49. The SMILES string of the molecule is CCC1CC2c3cc(OC)c(OC)cc3CCN2CC1(O)c1ccccc1. The molecule has 2 aromatic rings. The van der Waals surface area contributed by atoms with Gasteiger partial charge >= 0.3 is 0 Å². The molecule has 1 saturated heterocycles. The van der Waals surface area contributed by atoms with Gasteiger partial charge in [-0.3, -0.25) is 4.90 Å². The van der Waals surface area contributed by atoms with Crippen LogP contribution in [0.4, 0.5) is 0 Å². The maximum Gasteiger partial charge on any atom is 0.161 e. The Kier molecular flexibility index (Phi) is 4.87. The third-order valence-electron chi connectivity index (χ3n) is 6.51. The van der Waals surface area contributed by atoms with Crippen LogP contribution in [0.2, 0.25) is 0 Å². The van der Waals surface area contributed by atoms with E-state index in [0.717, 1.165) is 42.9 Å². The Labute approximate surface area is 161 Å². The molecule has 0 amide bonds. The predicted molar refractivity (Wildman–Crippen MR) is 106 cm³/mol. The van der Waals surface area contributed by atoms with E-state index >= 15 is 0 Å². The van der Waals surface area contributed by atoms with Crippen molar-refractivity contribution in [1.29, 1.82) is 0 Å². The van der Waals surface area contributed by atoms with Crippen LogP contribution in [0.25, 0.3) is 0 Å². The molecule has 27 heavy (non-hydrogen) atoms. The molecule has 4 heteroatoms. The molecule has 4 nitrogen and oxygen atoms in total. The molecule has 3 atom stereocenters. The Morgan fingerprint density at radius 3 is 2.48 bits per heavy atom. The lowest BCUT2D eigenvalue weighted by Gasteiger charge is -2.51. The summed E-state index contributed by atoms with van der Waals surface area (Å²) in [5.74, 6) is 1.81. The first-order valence-corrected chi connectivity index (χ1v) is 9.87. The molecule has 1 N–H and O–H groups in total. The Morgan fingerprint density at radius 2 is 1.81 bits per heavy atom. The first-order chi connectivity index (χ1) is 13.1. The fourth-order valence-corrected chi connectivity index (χ4v) is 5.01. The Hall–Kier alpha value is -2.04. The Morgan fingerprint density at radius 1 is 1.11 bits per heavy atom. The maximum atomic E-state index is 11.7. The van der Waals surface area contributed by atoms with Gasteiger partial charge in [0.05, 0.1) is 14.2 Å². The number of hydrogen-bond acceptors (Lipinski definition) is 4. The van der Waals surface area contributed by atoms with E-state index < -0.39 is 5.60 Å². The smallest absolute Gasteiger partial charge is 0.161 e. The quantitative estimate of drug-likeness (QED) is 0.889. The molecule has 0 aliphatic carbocycles. The van der Waals surface area contributed by atoms with Crippen LogP contribution in [0.15, 0.2) is 42.5 Å². The summed E-state index contributed by atoms with van der Waals surface area (Å²) in [6, 6.07) is 14.8. The summed E-state index contributed by atoms with van der Waals surface area (Å²) in [6.45, 7) is 3.82. The molecule has 0 aromatic heterocycles. The van der Waals surface area contributed by atoms with E-state index in [1.165, 1.54) is 11.1 Å². The number of rotatable bonds is 4. The van der Waals surface area contributed by atoms with Gasteiger partial charge in [-0.05, 0) is 47.6 Å². The zero-order valence-corrected chi connectivity index (χ0v) is 16.4. The summed E-state index contributed by atoms with van der Waals surface area (Å²) in [4.78, 5) is 2.45. The molecule has 2 aliphatic heterocycles. The van der Waals surface area contributed by atoms with Gasteiger partial charge in [0, 0.05) is 19.1 Å². The average molecular weight is 367 g/mol. The van der Waals surface area contributed by atoms with Crippen LogP contribution in [0.5, 0.6) is 11.5 Å². The minimum absolute atomic E-state index is 0.222. The normalized spacial score (nSPS) is 27.6. The fourth-order valence-electron chi connectivity index (χ4n) is 5.01. The number of nitrogens with zero attached hydrogens (tertiary/aromatic N) is 1. The number of ether oxygens (including phenoxy) is 2. The lowest BCUT2D eigenvalue weighted by atomic mass is 9.70. The van der Waals surface area contributed by atoms with E-state index in [0.29, 0.717) is 12.6 Å². The summed E-state index contributed by atoms with van der Waals surface area (Å²) in [5, 5.41) is 11.7. The van der Waals surface area contributed by atoms with Gasteiger partial charge in [-0.1, -0.05) is 43.7 Å². The van der Waals surface area contributed by atoms with E-state index in [1.807, 2.05) is 18.2 Å². The third kappa shape index (κ3) is 3.01. The second kappa shape index (κ2) is 7.17. The van der Waals surface area contributed by atoms with E-state index in [1.54, 1.807) is 14.2 Å². The number of aliphatic hydroxyl groups is 1. The van der Waals surface area contributed by atoms with Gasteiger partial charge < -0.3 is 14.6 Å².